The van der Waals surface area contributed by atoms with Crippen LogP contribution in [0.15, 0.2) is 9.98 Å². The van der Waals surface area contributed by atoms with Crippen LogP contribution in [0.3, 0.4) is 0 Å². The lowest BCUT2D eigenvalue weighted by atomic mass is 9.56. The molecule has 0 aliphatic heterocycles. The molecule has 6 atom stereocenters. The van der Waals surface area contributed by atoms with Crippen LogP contribution in [0, 0.1) is 23.7 Å². The maximum absolute atomic E-state index is 10.7. The van der Waals surface area contributed by atoms with Crippen molar-refractivity contribution >= 4 is 12.2 Å². The maximum atomic E-state index is 10.7. The van der Waals surface area contributed by atoms with Gasteiger partial charge >= 0.3 is 0 Å². The highest BCUT2D eigenvalue weighted by atomic mass is 16.1. The van der Waals surface area contributed by atoms with Crippen molar-refractivity contribution in [2.45, 2.75) is 77.3 Å². The highest BCUT2D eigenvalue weighted by Gasteiger charge is 2.46. The van der Waals surface area contributed by atoms with Crippen molar-refractivity contribution in [1.29, 1.82) is 0 Å². The summed E-state index contributed by atoms with van der Waals surface area (Å²) in [7, 11) is 0. The molecule has 0 heterocycles. The van der Waals surface area contributed by atoms with Crippen molar-refractivity contribution in [2.75, 3.05) is 0 Å². The van der Waals surface area contributed by atoms with E-state index in [9.17, 15) is 9.59 Å². The van der Waals surface area contributed by atoms with Crippen LogP contribution in [0.5, 0.6) is 0 Å². The largest absolute Gasteiger partial charge is 0.235 e. The predicted molar refractivity (Wildman–Crippen MR) is 86.1 cm³/mol. The zero-order valence-electron chi connectivity index (χ0n) is 13.8. The number of hydrogen-bond acceptors (Lipinski definition) is 4. The Morgan fingerprint density at radius 2 is 1.27 bits per heavy atom. The van der Waals surface area contributed by atoms with Crippen LogP contribution >= 0.6 is 0 Å². The number of carbonyl (C=O) groups excluding carboxylic acids is 2. The fraction of sp³-hybridized carbons (Fsp3) is 0.889. The van der Waals surface area contributed by atoms with Gasteiger partial charge in [-0.2, -0.15) is 0 Å². The van der Waals surface area contributed by atoms with Gasteiger partial charge in [0.1, 0.15) is 0 Å². The minimum Gasteiger partial charge on any atom is -0.211 e. The zero-order valence-corrected chi connectivity index (χ0v) is 13.8. The average Bonchev–Trinajstić information content (AvgIpc) is 2.55. The third-order valence-corrected chi connectivity index (χ3v) is 5.86. The zero-order chi connectivity index (χ0) is 15.9. The van der Waals surface area contributed by atoms with E-state index in [0.29, 0.717) is 23.7 Å². The van der Waals surface area contributed by atoms with Gasteiger partial charge in [0.05, 0.1) is 12.1 Å². The SMILES string of the molecule is CCCC(N=C=O)C1CC2CCC1CC2C(CCC)N=C=O. The van der Waals surface area contributed by atoms with Gasteiger partial charge in [-0.25, -0.2) is 19.6 Å². The summed E-state index contributed by atoms with van der Waals surface area (Å²) < 4.78 is 0. The van der Waals surface area contributed by atoms with Crippen LogP contribution in [-0.4, -0.2) is 24.2 Å². The molecular formula is C18H28N2O2. The number of isocyanates is 2. The molecule has 0 amide bonds. The van der Waals surface area contributed by atoms with Crippen molar-refractivity contribution in [3.63, 3.8) is 0 Å². The fourth-order valence-corrected chi connectivity index (χ4v) is 4.94. The van der Waals surface area contributed by atoms with Gasteiger partial charge in [0.2, 0.25) is 12.2 Å². The average molecular weight is 304 g/mol. The first-order chi connectivity index (χ1) is 10.7. The van der Waals surface area contributed by atoms with Gasteiger partial charge in [-0.1, -0.05) is 26.7 Å². The fourth-order valence-electron chi connectivity index (χ4n) is 4.94. The quantitative estimate of drug-likeness (QED) is 0.502. The molecule has 3 aliphatic rings. The van der Waals surface area contributed by atoms with Crippen molar-refractivity contribution in [3.8, 4) is 0 Å². The highest BCUT2D eigenvalue weighted by molar-refractivity contribution is 5.34. The molecule has 0 aromatic heterocycles. The summed E-state index contributed by atoms with van der Waals surface area (Å²) in [6.45, 7) is 4.29. The molecule has 4 heteroatoms. The van der Waals surface area contributed by atoms with Gasteiger partial charge in [-0.05, 0) is 62.2 Å². The Labute approximate surface area is 133 Å². The van der Waals surface area contributed by atoms with Crippen LogP contribution in [0.25, 0.3) is 0 Å². The standard InChI is InChI=1S/C18H28N2O2/c1-3-5-17(19-11-21)15-9-14-8-7-13(15)10-16(14)18(6-4-2)20-12-22/h13-18H,3-10H2,1-2H3. The molecular weight excluding hydrogens is 276 g/mol. The van der Waals surface area contributed by atoms with Crippen LogP contribution < -0.4 is 0 Å². The summed E-state index contributed by atoms with van der Waals surface area (Å²) in [5, 5.41) is 0. The minimum atomic E-state index is 0.149. The number of hydrogen-bond donors (Lipinski definition) is 0. The predicted octanol–water partition coefficient (Wildman–Crippen LogP) is 4.05. The number of rotatable bonds is 8. The molecule has 0 spiro atoms. The smallest absolute Gasteiger partial charge is 0.211 e. The van der Waals surface area contributed by atoms with Gasteiger partial charge in [0, 0.05) is 0 Å². The molecule has 0 radical (unpaired) electrons. The Bertz CT molecular complexity index is 410. The lowest BCUT2D eigenvalue weighted by molar-refractivity contribution is 0.0145. The molecule has 4 nitrogen and oxygen atoms in total. The number of nitrogens with zero attached hydrogens (tertiary/aromatic N) is 2. The second-order valence-corrected chi connectivity index (χ2v) is 7.05. The summed E-state index contributed by atoms with van der Waals surface area (Å²) in [6.07, 6.45) is 12.4. The monoisotopic (exact) mass is 304 g/mol. The van der Waals surface area contributed by atoms with Crippen molar-refractivity contribution in [1.82, 2.24) is 0 Å². The van der Waals surface area contributed by atoms with E-state index in [1.807, 2.05) is 0 Å². The molecule has 122 valence electrons. The summed E-state index contributed by atoms with van der Waals surface area (Å²) in [4.78, 5) is 29.7. The Balaban J connectivity index is 2.10. The molecule has 3 rings (SSSR count). The maximum Gasteiger partial charge on any atom is 0.235 e. The third kappa shape index (κ3) is 3.74. The first kappa shape index (κ1) is 17.1. The summed E-state index contributed by atoms with van der Waals surface area (Å²) in [5.41, 5.74) is 0. The van der Waals surface area contributed by atoms with Gasteiger partial charge in [0.15, 0.2) is 0 Å². The van der Waals surface area contributed by atoms with Gasteiger partial charge in [-0.3, -0.25) is 0 Å². The molecule has 3 aliphatic carbocycles. The highest BCUT2D eigenvalue weighted by Crippen LogP contribution is 2.52. The first-order valence-corrected chi connectivity index (χ1v) is 8.89. The van der Waals surface area contributed by atoms with E-state index in [-0.39, 0.29) is 12.1 Å². The van der Waals surface area contributed by atoms with E-state index >= 15 is 0 Å². The Kier molecular flexibility index (Phi) is 6.54. The Hall–Kier alpha value is -1.24. The molecule has 0 aromatic rings. The van der Waals surface area contributed by atoms with Gasteiger partial charge in [0.25, 0.3) is 0 Å². The summed E-state index contributed by atoms with van der Waals surface area (Å²) in [5.74, 6) is 2.31. The molecule has 3 fully saturated rings. The number of fused-ring (bicyclic) bond motifs is 3. The third-order valence-electron chi connectivity index (χ3n) is 5.86. The topological polar surface area (TPSA) is 58.9 Å². The van der Waals surface area contributed by atoms with E-state index in [1.54, 1.807) is 12.2 Å². The molecule has 6 unspecified atom stereocenters. The first-order valence-electron chi connectivity index (χ1n) is 8.89. The van der Waals surface area contributed by atoms with E-state index in [0.717, 1.165) is 38.5 Å². The molecule has 2 bridgehead atoms. The lowest BCUT2D eigenvalue weighted by Crippen LogP contribution is -2.45. The Morgan fingerprint density at radius 1 is 0.864 bits per heavy atom. The van der Waals surface area contributed by atoms with E-state index in [2.05, 4.69) is 23.8 Å². The lowest BCUT2D eigenvalue weighted by Gasteiger charge is -2.50. The van der Waals surface area contributed by atoms with Crippen LogP contribution in [0.4, 0.5) is 0 Å². The van der Waals surface area contributed by atoms with Crippen molar-refractivity contribution in [2.24, 2.45) is 33.7 Å². The minimum absolute atomic E-state index is 0.149. The summed E-state index contributed by atoms with van der Waals surface area (Å²) >= 11 is 0. The second kappa shape index (κ2) is 8.41. The molecule has 0 N–H and O–H groups in total. The van der Waals surface area contributed by atoms with E-state index in [1.165, 1.54) is 12.8 Å². The van der Waals surface area contributed by atoms with Crippen LogP contribution in [0.2, 0.25) is 0 Å². The molecule has 0 aromatic carbocycles. The van der Waals surface area contributed by atoms with Crippen molar-refractivity contribution < 1.29 is 9.59 Å². The van der Waals surface area contributed by atoms with Crippen LogP contribution in [-0.2, 0) is 9.59 Å². The van der Waals surface area contributed by atoms with E-state index < -0.39 is 0 Å². The van der Waals surface area contributed by atoms with E-state index in [4.69, 9.17) is 0 Å². The second-order valence-electron chi connectivity index (χ2n) is 7.05. The Morgan fingerprint density at radius 3 is 1.55 bits per heavy atom. The molecule has 3 saturated carbocycles. The normalized spacial score (nSPS) is 32.6. The molecule has 0 saturated heterocycles. The number of aliphatic imine (C=N–C) groups is 2. The van der Waals surface area contributed by atoms with Crippen LogP contribution in [0.1, 0.15) is 65.2 Å². The summed E-state index contributed by atoms with van der Waals surface area (Å²) in [6, 6.07) is 0.297. The molecule has 22 heavy (non-hydrogen) atoms. The van der Waals surface area contributed by atoms with Gasteiger partial charge < -0.3 is 0 Å². The van der Waals surface area contributed by atoms with Gasteiger partial charge in [-0.15, -0.1) is 0 Å². The van der Waals surface area contributed by atoms with Crippen molar-refractivity contribution in [3.05, 3.63) is 0 Å².